The minimum absolute atomic E-state index is 0.100. The van der Waals surface area contributed by atoms with Crippen LogP contribution in [0.15, 0.2) is 23.1 Å². The predicted molar refractivity (Wildman–Crippen MR) is 74.5 cm³/mol. The molecule has 21 heavy (non-hydrogen) atoms. The first kappa shape index (κ1) is 17.1. The first-order chi connectivity index (χ1) is 9.67. The number of aliphatic carboxylic acids is 1. The minimum Gasteiger partial charge on any atom is -0.481 e. The molecule has 0 saturated heterocycles. The molecule has 1 atom stereocenters. The molecule has 0 aliphatic carbocycles. The summed E-state index contributed by atoms with van der Waals surface area (Å²) >= 11 is 0. The van der Waals surface area contributed by atoms with Gasteiger partial charge in [0.25, 0.3) is 5.69 Å². The van der Waals surface area contributed by atoms with E-state index in [0.29, 0.717) is 6.42 Å². The van der Waals surface area contributed by atoms with Crippen molar-refractivity contribution < 1.29 is 23.2 Å². The Morgan fingerprint density at radius 1 is 1.48 bits per heavy atom. The molecule has 0 saturated carbocycles. The topological polar surface area (TPSA) is 127 Å². The van der Waals surface area contributed by atoms with Gasteiger partial charge in [0.2, 0.25) is 10.0 Å². The Hall–Kier alpha value is -2.00. The summed E-state index contributed by atoms with van der Waals surface area (Å²) in [4.78, 5) is 20.6. The molecule has 9 heteroatoms. The number of nitro groups is 1. The van der Waals surface area contributed by atoms with Gasteiger partial charge in [-0.3, -0.25) is 14.9 Å². The van der Waals surface area contributed by atoms with Crippen LogP contribution in [0.1, 0.15) is 25.3 Å². The molecular weight excluding hydrogens is 300 g/mol. The van der Waals surface area contributed by atoms with Crippen molar-refractivity contribution in [3.05, 3.63) is 33.9 Å². The molecule has 0 spiro atoms. The Balaban J connectivity index is 3.07. The molecule has 0 bridgehead atoms. The molecule has 1 rings (SSSR count). The van der Waals surface area contributed by atoms with Gasteiger partial charge in [0, 0.05) is 18.2 Å². The minimum atomic E-state index is -3.93. The zero-order chi connectivity index (χ0) is 16.2. The number of sulfonamides is 1. The highest BCUT2D eigenvalue weighted by atomic mass is 32.2. The zero-order valence-corrected chi connectivity index (χ0v) is 12.4. The molecule has 0 heterocycles. The number of hydrogen-bond donors (Lipinski definition) is 2. The summed E-state index contributed by atoms with van der Waals surface area (Å²) in [5.41, 5.74) is 0.0194. The Morgan fingerprint density at radius 2 is 2.10 bits per heavy atom. The Kier molecular flexibility index (Phi) is 5.39. The van der Waals surface area contributed by atoms with Crippen LogP contribution in [0.4, 0.5) is 5.69 Å². The number of benzene rings is 1. The maximum atomic E-state index is 12.2. The van der Waals surface area contributed by atoms with Crippen molar-refractivity contribution in [3.63, 3.8) is 0 Å². The molecule has 0 aliphatic rings. The van der Waals surface area contributed by atoms with Gasteiger partial charge >= 0.3 is 5.97 Å². The van der Waals surface area contributed by atoms with Gasteiger partial charge in [0.1, 0.15) is 0 Å². The average molecular weight is 316 g/mol. The lowest BCUT2D eigenvalue weighted by Crippen LogP contribution is -2.36. The van der Waals surface area contributed by atoms with E-state index in [0.717, 1.165) is 18.2 Å². The predicted octanol–water partition coefficient (Wildman–Crippen LogP) is 1.43. The summed E-state index contributed by atoms with van der Waals surface area (Å²) in [6.07, 6.45) is -0.0146. The number of nitro benzene ring substituents is 1. The Labute approximate surface area is 122 Å². The number of non-ortho nitro benzene ring substituents is 1. The van der Waals surface area contributed by atoms with Crippen LogP contribution in [-0.4, -0.2) is 30.5 Å². The normalized spacial score (nSPS) is 12.9. The standard InChI is InChI=1S/C12H16N2O6S/c1-3-9(7-12(15)16)13-21(19,20)11-5-4-10(14(17)18)6-8(11)2/h4-6,9,13H,3,7H2,1-2H3,(H,15,16). The molecule has 1 aromatic carbocycles. The van der Waals surface area contributed by atoms with Gasteiger partial charge in [-0.25, -0.2) is 13.1 Å². The molecule has 116 valence electrons. The van der Waals surface area contributed by atoms with E-state index in [4.69, 9.17) is 5.11 Å². The molecule has 0 radical (unpaired) electrons. The molecule has 8 nitrogen and oxygen atoms in total. The third-order valence-electron chi connectivity index (χ3n) is 2.89. The third kappa shape index (κ3) is 4.50. The Morgan fingerprint density at radius 3 is 2.52 bits per heavy atom. The quantitative estimate of drug-likeness (QED) is 0.579. The largest absolute Gasteiger partial charge is 0.481 e. The molecule has 2 N–H and O–H groups in total. The van der Waals surface area contributed by atoms with Crippen molar-refractivity contribution >= 4 is 21.7 Å². The fourth-order valence-corrected chi connectivity index (χ4v) is 3.36. The Bertz CT molecular complexity index is 656. The van der Waals surface area contributed by atoms with E-state index in [1.807, 2.05) is 0 Å². The van der Waals surface area contributed by atoms with E-state index in [1.165, 1.54) is 6.92 Å². The summed E-state index contributed by atoms with van der Waals surface area (Å²) in [5.74, 6) is -1.11. The molecule has 0 fully saturated rings. The van der Waals surface area contributed by atoms with Gasteiger partial charge in [-0.1, -0.05) is 6.92 Å². The second kappa shape index (κ2) is 6.64. The summed E-state index contributed by atoms with van der Waals surface area (Å²) in [7, 11) is -3.93. The highest BCUT2D eigenvalue weighted by molar-refractivity contribution is 7.89. The van der Waals surface area contributed by atoms with Gasteiger partial charge < -0.3 is 5.11 Å². The number of rotatable bonds is 7. The van der Waals surface area contributed by atoms with Crippen LogP contribution >= 0.6 is 0 Å². The second-order valence-corrected chi connectivity index (χ2v) is 6.21. The lowest BCUT2D eigenvalue weighted by Gasteiger charge is -2.16. The molecule has 0 aliphatic heterocycles. The monoisotopic (exact) mass is 316 g/mol. The number of nitrogens with zero attached hydrogens (tertiary/aromatic N) is 1. The maximum absolute atomic E-state index is 12.2. The van der Waals surface area contributed by atoms with Gasteiger partial charge in [-0.05, 0) is 25.0 Å². The number of carbonyl (C=O) groups is 1. The van der Waals surface area contributed by atoms with Crippen molar-refractivity contribution in [2.24, 2.45) is 0 Å². The zero-order valence-electron chi connectivity index (χ0n) is 11.6. The van der Waals surface area contributed by atoms with Crippen molar-refractivity contribution in [1.29, 1.82) is 0 Å². The number of hydrogen-bond acceptors (Lipinski definition) is 5. The molecule has 0 aromatic heterocycles. The van der Waals surface area contributed by atoms with Crippen molar-refractivity contribution in [1.82, 2.24) is 4.72 Å². The van der Waals surface area contributed by atoms with Crippen LogP contribution in [0.3, 0.4) is 0 Å². The second-order valence-electron chi connectivity index (χ2n) is 4.53. The average Bonchev–Trinajstić information content (AvgIpc) is 2.36. The van der Waals surface area contributed by atoms with E-state index < -0.39 is 27.0 Å². The summed E-state index contributed by atoms with van der Waals surface area (Å²) in [6, 6.07) is 2.66. The molecular formula is C12H16N2O6S. The number of aryl methyl sites for hydroxylation is 1. The van der Waals surface area contributed by atoms with Crippen molar-refractivity contribution in [2.45, 2.75) is 37.6 Å². The van der Waals surface area contributed by atoms with Gasteiger partial charge in [-0.2, -0.15) is 0 Å². The lowest BCUT2D eigenvalue weighted by atomic mass is 10.2. The lowest BCUT2D eigenvalue weighted by molar-refractivity contribution is -0.385. The maximum Gasteiger partial charge on any atom is 0.304 e. The van der Waals surface area contributed by atoms with Gasteiger partial charge in [0.15, 0.2) is 0 Å². The van der Waals surface area contributed by atoms with Crippen LogP contribution in [0.25, 0.3) is 0 Å². The van der Waals surface area contributed by atoms with Crippen molar-refractivity contribution in [3.8, 4) is 0 Å². The fourth-order valence-electron chi connectivity index (χ4n) is 1.81. The van der Waals surface area contributed by atoms with Crippen LogP contribution in [-0.2, 0) is 14.8 Å². The van der Waals surface area contributed by atoms with E-state index >= 15 is 0 Å². The van der Waals surface area contributed by atoms with Crippen LogP contribution in [0.5, 0.6) is 0 Å². The number of carboxylic acids is 1. The van der Waals surface area contributed by atoms with Crippen LogP contribution in [0.2, 0.25) is 0 Å². The summed E-state index contributed by atoms with van der Waals surface area (Å²) in [5, 5.41) is 19.4. The van der Waals surface area contributed by atoms with Crippen LogP contribution < -0.4 is 4.72 Å². The van der Waals surface area contributed by atoms with E-state index in [-0.39, 0.29) is 22.6 Å². The highest BCUT2D eigenvalue weighted by Gasteiger charge is 2.23. The smallest absolute Gasteiger partial charge is 0.304 e. The van der Waals surface area contributed by atoms with Crippen LogP contribution in [0, 0.1) is 17.0 Å². The van der Waals surface area contributed by atoms with Gasteiger partial charge in [0.05, 0.1) is 16.2 Å². The van der Waals surface area contributed by atoms with E-state index in [9.17, 15) is 23.3 Å². The molecule has 0 amide bonds. The fraction of sp³-hybridized carbons (Fsp3) is 0.417. The van der Waals surface area contributed by atoms with E-state index in [1.54, 1.807) is 6.92 Å². The summed E-state index contributed by atoms with van der Waals surface area (Å²) in [6.45, 7) is 3.11. The SMILES string of the molecule is CCC(CC(=O)O)NS(=O)(=O)c1ccc([N+](=O)[O-])cc1C. The van der Waals surface area contributed by atoms with Gasteiger partial charge in [-0.15, -0.1) is 0 Å². The molecule has 1 aromatic rings. The van der Waals surface area contributed by atoms with Crippen molar-refractivity contribution in [2.75, 3.05) is 0 Å². The number of carboxylic acid groups (broad SMARTS) is 1. The first-order valence-corrected chi connectivity index (χ1v) is 7.65. The highest BCUT2D eigenvalue weighted by Crippen LogP contribution is 2.21. The molecule has 1 unspecified atom stereocenters. The first-order valence-electron chi connectivity index (χ1n) is 6.16. The summed E-state index contributed by atoms with van der Waals surface area (Å²) < 4.78 is 26.7. The number of nitrogens with one attached hydrogen (secondary N) is 1. The van der Waals surface area contributed by atoms with E-state index in [2.05, 4.69) is 4.72 Å². The third-order valence-corrected chi connectivity index (χ3v) is 4.58.